The Morgan fingerprint density at radius 1 is 1.58 bits per heavy atom. The Morgan fingerprint density at radius 2 is 2.25 bits per heavy atom. The van der Waals surface area contributed by atoms with Crippen LogP contribution in [0.15, 0.2) is 18.3 Å². The van der Waals surface area contributed by atoms with Gasteiger partial charge in [-0.25, -0.2) is 13.4 Å². The molecule has 0 bridgehead atoms. The summed E-state index contributed by atoms with van der Waals surface area (Å²) >= 11 is 5.57. The van der Waals surface area contributed by atoms with Crippen LogP contribution in [0.25, 0.3) is 0 Å². The maximum Gasteiger partial charge on any atom is 0.151 e. The quantitative estimate of drug-likeness (QED) is 0.684. The van der Waals surface area contributed by atoms with Gasteiger partial charge < -0.3 is 0 Å². The van der Waals surface area contributed by atoms with E-state index in [1.54, 1.807) is 12.1 Å². The van der Waals surface area contributed by atoms with E-state index in [2.05, 4.69) is 4.98 Å². The second-order valence-electron chi connectivity index (χ2n) is 2.56. The van der Waals surface area contributed by atoms with Crippen molar-refractivity contribution in [3.05, 3.63) is 29.0 Å². The third-order valence-corrected chi connectivity index (χ3v) is 2.28. The van der Waals surface area contributed by atoms with Crippen molar-refractivity contribution in [2.75, 3.05) is 6.26 Å². The first-order valence-electron chi connectivity index (χ1n) is 3.25. The molecule has 0 radical (unpaired) electrons. The maximum absolute atomic E-state index is 10.8. The van der Waals surface area contributed by atoms with Crippen molar-refractivity contribution in [1.82, 2.24) is 4.98 Å². The highest BCUT2D eigenvalue weighted by Gasteiger charge is 2.04. The number of hydrogen-bond donors (Lipinski definition) is 0. The highest BCUT2D eigenvalue weighted by Crippen LogP contribution is 2.09. The average Bonchev–Trinajstić information content (AvgIpc) is 1.82. The SMILES string of the molecule is CS(=O)(=O)Cc1ccnc(Cl)c1. The molecule has 0 aliphatic heterocycles. The number of pyridine rings is 1. The standard InChI is InChI=1S/C7H8ClNO2S/c1-12(10,11)5-6-2-3-9-7(8)4-6/h2-4H,5H2,1H3. The lowest BCUT2D eigenvalue weighted by atomic mass is 10.3. The molecule has 0 atom stereocenters. The van der Waals surface area contributed by atoms with Crippen LogP contribution in [0.5, 0.6) is 0 Å². The van der Waals surface area contributed by atoms with Gasteiger partial charge >= 0.3 is 0 Å². The van der Waals surface area contributed by atoms with Gasteiger partial charge in [0, 0.05) is 12.5 Å². The van der Waals surface area contributed by atoms with Gasteiger partial charge in [-0.1, -0.05) is 11.6 Å². The van der Waals surface area contributed by atoms with E-state index in [4.69, 9.17) is 11.6 Å². The first kappa shape index (κ1) is 9.48. The molecule has 1 rings (SSSR count). The predicted molar refractivity (Wildman–Crippen MR) is 47.8 cm³/mol. The predicted octanol–water partition coefficient (Wildman–Crippen LogP) is 1.28. The van der Waals surface area contributed by atoms with Crippen LogP contribution >= 0.6 is 11.6 Å². The zero-order valence-corrected chi connectivity index (χ0v) is 8.06. The molecule has 0 spiro atoms. The van der Waals surface area contributed by atoms with Gasteiger partial charge in [-0.3, -0.25) is 0 Å². The third-order valence-electron chi connectivity index (χ3n) is 1.22. The minimum atomic E-state index is -2.98. The van der Waals surface area contributed by atoms with E-state index in [9.17, 15) is 8.42 Å². The van der Waals surface area contributed by atoms with Crippen molar-refractivity contribution in [2.24, 2.45) is 0 Å². The lowest BCUT2D eigenvalue weighted by Crippen LogP contribution is -2.00. The van der Waals surface area contributed by atoms with E-state index >= 15 is 0 Å². The van der Waals surface area contributed by atoms with Crippen molar-refractivity contribution in [3.8, 4) is 0 Å². The first-order valence-corrected chi connectivity index (χ1v) is 5.69. The molecule has 1 aromatic heterocycles. The lowest BCUT2D eigenvalue weighted by molar-refractivity contribution is 0.601. The van der Waals surface area contributed by atoms with Gasteiger partial charge in [0.25, 0.3) is 0 Å². The Morgan fingerprint density at radius 3 is 2.75 bits per heavy atom. The number of halogens is 1. The Bertz CT molecular complexity index is 375. The van der Waals surface area contributed by atoms with Crippen LogP contribution in [0.1, 0.15) is 5.56 Å². The molecule has 0 amide bonds. The summed E-state index contributed by atoms with van der Waals surface area (Å²) in [5, 5.41) is 0.316. The number of hydrogen-bond acceptors (Lipinski definition) is 3. The van der Waals surface area contributed by atoms with Gasteiger partial charge in [0.1, 0.15) is 5.15 Å². The fourth-order valence-electron chi connectivity index (χ4n) is 0.835. The molecule has 1 heterocycles. The Kier molecular flexibility index (Phi) is 2.69. The summed E-state index contributed by atoms with van der Waals surface area (Å²) in [5.41, 5.74) is 0.664. The molecule has 0 aromatic carbocycles. The molecule has 5 heteroatoms. The molecule has 1 aromatic rings. The molecule has 0 saturated carbocycles. The summed E-state index contributed by atoms with van der Waals surface area (Å²) in [5.74, 6) is 0.00917. The fourth-order valence-corrected chi connectivity index (χ4v) is 1.82. The average molecular weight is 206 g/mol. The monoisotopic (exact) mass is 205 g/mol. The van der Waals surface area contributed by atoms with Gasteiger partial charge in [-0.15, -0.1) is 0 Å². The number of aromatic nitrogens is 1. The summed E-state index contributed by atoms with van der Waals surface area (Å²) in [4.78, 5) is 3.74. The van der Waals surface area contributed by atoms with Crippen molar-refractivity contribution < 1.29 is 8.42 Å². The molecule has 66 valence electrons. The van der Waals surface area contributed by atoms with E-state index in [-0.39, 0.29) is 5.75 Å². The van der Waals surface area contributed by atoms with Crippen LogP contribution in [0.2, 0.25) is 5.15 Å². The minimum absolute atomic E-state index is 0.00917. The van der Waals surface area contributed by atoms with Gasteiger partial charge in [0.05, 0.1) is 5.75 Å². The van der Waals surface area contributed by atoms with Crippen LogP contribution in [0, 0.1) is 0 Å². The van der Waals surface area contributed by atoms with Crippen molar-refractivity contribution in [1.29, 1.82) is 0 Å². The van der Waals surface area contributed by atoms with E-state index in [0.717, 1.165) is 0 Å². The lowest BCUT2D eigenvalue weighted by Gasteiger charge is -1.97. The van der Waals surface area contributed by atoms with Crippen LogP contribution in [0.3, 0.4) is 0 Å². The summed E-state index contributed by atoms with van der Waals surface area (Å²) in [6.45, 7) is 0. The van der Waals surface area contributed by atoms with Gasteiger partial charge in [-0.2, -0.15) is 0 Å². The summed E-state index contributed by atoms with van der Waals surface area (Å²) in [6, 6.07) is 3.18. The molecule has 3 nitrogen and oxygen atoms in total. The van der Waals surface area contributed by atoms with E-state index in [1.165, 1.54) is 12.5 Å². The Balaban J connectivity index is 2.91. The molecule has 0 fully saturated rings. The van der Waals surface area contributed by atoms with Crippen LogP contribution in [0.4, 0.5) is 0 Å². The smallest absolute Gasteiger partial charge is 0.151 e. The van der Waals surface area contributed by atoms with E-state index < -0.39 is 9.84 Å². The van der Waals surface area contributed by atoms with Gasteiger partial charge in [0.15, 0.2) is 9.84 Å². The highest BCUT2D eigenvalue weighted by molar-refractivity contribution is 7.89. The van der Waals surface area contributed by atoms with Crippen LogP contribution in [-0.4, -0.2) is 19.7 Å². The summed E-state index contributed by atoms with van der Waals surface area (Å²) in [6.07, 6.45) is 2.67. The number of nitrogens with zero attached hydrogens (tertiary/aromatic N) is 1. The largest absolute Gasteiger partial charge is 0.245 e. The van der Waals surface area contributed by atoms with Crippen molar-refractivity contribution in [2.45, 2.75) is 5.75 Å². The summed E-state index contributed by atoms with van der Waals surface area (Å²) < 4.78 is 21.7. The normalized spacial score (nSPS) is 11.5. The topological polar surface area (TPSA) is 47.0 Å². The Labute approximate surface area is 76.3 Å². The third kappa shape index (κ3) is 3.19. The second-order valence-corrected chi connectivity index (χ2v) is 5.08. The maximum atomic E-state index is 10.8. The zero-order valence-electron chi connectivity index (χ0n) is 6.49. The fraction of sp³-hybridized carbons (Fsp3) is 0.286. The molecule has 0 aliphatic carbocycles. The van der Waals surface area contributed by atoms with Crippen molar-refractivity contribution in [3.63, 3.8) is 0 Å². The molecule has 0 aliphatic rings. The van der Waals surface area contributed by atoms with Crippen LogP contribution in [-0.2, 0) is 15.6 Å². The second kappa shape index (κ2) is 3.41. The van der Waals surface area contributed by atoms with E-state index in [1.807, 2.05) is 0 Å². The van der Waals surface area contributed by atoms with Crippen LogP contribution < -0.4 is 0 Å². The summed E-state index contributed by atoms with van der Waals surface area (Å²) in [7, 11) is -2.98. The molecule has 0 unspecified atom stereocenters. The highest BCUT2D eigenvalue weighted by atomic mass is 35.5. The van der Waals surface area contributed by atoms with Crippen molar-refractivity contribution >= 4 is 21.4 Å². The minimum Gasteiger partial charge on any atom is -0.245 e. The molecule has 12 heavy (non-hydrogen) atoms. The zero-order chi connectivity index (χ0) is 9.19. The first-order chi connectivity index (χ1) is 5.47. The van der Waals surface area contributed by atoms with Gasteiger partial charge in [-0.05, 0) is 17.7 Å². The molecule has 0 N–H and O–H groups in total. The Hall–Kier alpha value is -0.610. The number of sulfone groups is 1. The van der Waals surface area contributed by atoms with E-state index in [0.29, 0.717) is 10.7 Å². The van der Waals surface area contributed by atoms with Gasteiger partial charge in [0.2, 0.25) is 0 Å². The number of rotatable bonds is 2. The molecular formula is C7H8ClNO2S. The molecule has 0 saturated heterocycles. The molecular weight excluding hydrogens is 198 g/mol.